The summed E-state index contributed by atoms with van der Waals surface area (Å²) >= 11 is 7.18. The first-order valence-corrected chi connectivity index (χ1v) is 8.66. The number of carbonyl (C=O) groups is 1. The Labute approximate surface area is 149 Å². The van der Waals surface area contributed by atoms with Gasteiger partial charge in [-0.2, -0.15) is 0 Å². The number of ketones is 1. The number of benzene rings is 2. The van der Waals surface area contributed by atoms with Gasteiger partial charge in [0.25, 0.3) is 5.22 Å². The van der Waals surface area contributed by atoms with Gasteiger partial charge in [-0.15, -0.1) is 10.2 Å². The number of aromatic nitrogens is 2. The van der Waals surface area contributed by atoms with Crippen molar-refractivity contribution in [1.82, 2.24) is 10.2 Å². The van der Waals surface area contributed by atoms with Gasteiger partial charge in [0.15, 0.2) is 5.78 Å². The Morgan fingerprint density at radius 1 is 1.17 bits per heavy atom. The van der Waals surface area contributed by atoms with Crippen LogP contribution in [0.5, 0.6) is 0 Å². The van der Waals surface area contributed by atoms with E-state index in [1.807, 2.05) is 38.1 Å². The first-order valence-electron chi connectivity index (χ1n) is 7.40. The standard InChI is InChI=1S/C18H15ClN2O2S/c1-11-6-3-4-9-15(11)17-20-21-18(23-17)24-12(2)16(22)13-7-5-8-14(19)10-13/h3-10,12H,1-2H3/t12-/m0/s1. The highest BCUT2D eigenvalue weighted by Gasteiger charge is 2.20. The summed E-state index contributed by atoms with van der Waals surface area (Å²) in [5.74, 6) is 0.427. The van der Waals surface area contributed by atoms with Crippen LogP contribution in [0.4, 0.5) is 0 Å². The maximum absolute atomic E-state index is 12.5. The van der Waals surface area contributed by atoms with Gasteiger partial charge in [-0.3, -0.25) is 4.79 Å². The average Bonchev–Trinajstić information content (AvgIpc) is 3.02. The molecule has 3 aromatic rings. The summed E-state index contributed by atoms with van der Waals surface area (Å²) in [6.45, 7) is 3.79. The number of thioether (sulfide) groups is 1. The number of hydrogen-bond acceptors (Lipinski definition) is 5. The third-order valence-corrected chi connectivity index (χ3v) is 4.71. The zero-order chi connectivity index (χ0) is 17.1. The van der Waals surface area contributed by atoms with Gasteiger partial charge in [0, 0.05) is 16.1 Å². The van der Waals surface area contributed by atoms with Crippen LogP contribution in [0.1, 0.15) is 22.8 Å². The molecule has 0 bridgehead atoms. The highest BCUT2D eigenvalue weighted by atomic mass is 35.5. The number of rotatable bonds is 5. The SMILES string of the molecule is Cc1ccccc1-c1nnc(S[C@@H](C)C(=O)c2cccc(Cl)c2)o1. The topological polar surface area (TPSA) is 56.0 Å². The summed E-state index contributed by atoms with van der Waals surface area (Å²) in [7, 11) is 0. The molecule has 4 nitrogen and oxygen atoms in total. The highest BCUT2D eigenvalue weighted by Crippen LogP contribution is 2.29. The van der Waals surface area contributed by atoms with Crippen molar-refractivity contribution in [2.75, 3.05) is 0 Å². The first kappa shape index (κ1) is 16.7. The monoisotopic (exact) mass is 358 g/mol. The maximum Gasteiger partial charge on any atom is 0.277 e. The van der Waals surface area contributed by atoms with Crippen LogP contribution in [-0.4, -0.2) is 21.2 Å². The Morgan fingerprint density at radius 2 is 1.96 bits per heavy atom. The molecule has 3 rings (SSSR count). The maximum atomic E-state index is 12.5. The number of carbonyl (C=O) groups excluding carboxylic acids is 1. The molecule has 0 spiro atoms. The van der Waals surface area contributed by atoms with Crippen LogP contribution in [0.3, 0.4) is 0 Å². The van der Waals surface area contributed by atoms with E-state index in [1.54, 1.807) is 24.3 Å². The van der Waals surface area contributed by atoms with E-state index in [4.69, 9.17) is 16.0 Å². The highest BCUT2D eigenvalue weighted by molar-refractivity contribution is 8.00. The molecule has 0 saturated heterocycles. The lowest BCUT2D eigenvalue weighted by Gasteiger charge is -2.07. The van der Waals surface area contributed by atoms with Crippen molar-refractivity contribution in [2.45, 2.75) is 24.3 Å². The molecule has 0 aliphatic carbocycles. The second-order valence-electron chi connectivity index (χ2n) is 5.32. The van der Waals surface area contributed by atoms with Crippen molar-refractivity contribution in [1.29, 1.82) is 0 Å². The zero-order valence-corrected chi connectivity index (χ0v) is 14.8. The molecule has 0 radical (unpaired) electrons. The fraction of sp³-hybridized carbons (Fsp3) is 0.167. The lowest BCUT2D eigenvalue weighted by Crippen LogP contribution is -2.13. The van der Waals surface area contributed by atoms with E-state index in [1.165, 1.54) is 11.8 Å². The lowest BCUT2D eigenvalue weighted by atomic mass is 10.1. The van der Waals surface area contributed by atoms with Crippen LogP contribution >= 0.6 is 23.4 Å². The van der Waals surface area contributed by atoms with E-state index >= 15 is 0 Å². The Bertz CT molecular complexity index is 879. The molecule has 0 N–H and O–H groups in total. The zero-order valence-electron chi connectivity index (χ0n) is 13.2. The van der Waals surface area contributed by atoms with Crippen molar-refractivity contribution in [3.8, 4) is 11.5 Å². The van der Waals surface area contributed by atoms with Crippen molar-refractivity contribution in [3.05, 3.63) is 64.7 Å². The van der Waals surface area contributed by atoms with Gasteiger partial charge in [0.2, 0.25) is 5.89 Å². The molecule has 0 fully saturated rings. The van der Waals surface area contributed by atoms with E-state index in [0.29, 0.717) is 21.7 Å². The van der Waals surface area contributed by atoms with Crippen molar-refractivity contribution >= 4 is 29.1 Å². The smallest absolute Gasteiger partial charge is 0.277 e. The van der Waals surface area contributed by atoms with Gasteiger partial charge >= 0.3 is 0 Å². The molecule has 2 aromatic carbocycles. The quantitative estimate of drug-likeness (QED) is 0.471. The normalized spacial score (nSPS) is 12.1. The van der Waals surface area contributed by atoms with Gasteiger partial charge in [0.1, 0.15) is 0 Å². The van der Waals surface area contributed by atoms with Crippen molar-refractivity contribution < 1.29 is 9.21 Å². The fourth-order valence-corrected chi connectivity index (χ4v) is 3.21. The van der Waals surface area contributed by atoms with Gasteiger partial charge < -0.3 is 4.42 Å². The van der Waals surface area contributed by atoms with Crippen LogP contribution in [-0.2, 0) is 0 Å². The van der Waals surface area contributed by atoms with Crippen LogP contribution in [0.25, 0.3) is 11.5 Å². The van der Waals surface area contributed by atoms with E-state index in [0.717, 1.165) is 11.1 Å². The Hall–Kier alpha value is -2.11. The second-order valence-corrected chi connectivity index (χ2v) is 7.05. The van der Waals surface area contributed by atoms with Crippen molar-refractivity contribution in [3.63, 3.8) is 0 Å². The summed E-state index contributed by atoms with van der Waals surface area (Å²) in [4.78, 5) is 12.5. The number of halogens is 1. The summed E-state index contributed by atoms with van der Waals surface area (Å²) in [5.41, 5.74) is 2.52. The molecule has 1 heterocycles. The number of aryl methyl sites for hydroxylation is 1. The van der Waals surface area contributed by atoms with E-state index < -0.39 is 0 Å². The Balaban J connectivity index is 1.75. The van der Waals surface area contributed by atoms with Crippen LogP contribution < -0.4 is 0 Å². The molecule has 0 aliphatic rings. The minimum Gasteiger partial charge on any atom is -0.411 e. The second kappa shape index (κ2) is 7.20. The minimum absolute atomic E-state index is 0.0295. The Kier molecular flexibility index (Phi) is 5.02. The first-order chi connectivity index (χ1) is 11.5. The molecular weight excluding hydrogens is 344 g/mol. The number of hydrogen-bond donors (Lipinski definition) is 0. The molecule has 24 heavy (non-hydrogen) atoms. The molecule has 6 heteroatoms. The third-order valence-electron chi connectivity index (χ3n) is 3.54. The van der Waals surface area contributed by atoms with Gasteiger partial charge in [-0.25, -0.2) is 0 Å². The van der Waals surface area contributed by atoms with Gasteiger partial charge in [-0.1, -0.05) is 53.7 Å². The Morgan fingerprint density at radius 3 is 2.71 bits per heavy atom. The third kappa shape index (κ3) is 3.68. The average molecular weight is 359 g/mol. The molecule has 1 aromatic heterocycles. The number of nitrogens with zero attached hydrogens (tertiary/aromatic N) is 2. The van der Waals surface area contributed by atoms with Crippen LogP contribution in [0.15, 0.2) is 58.2 Å². The predicted octanol–water partition coefficient (Wildman–Crippen LogP) is 5.06. The molecule has 122 valence electrons. The molecular formula is C18H15ClN2O2S. The van der Waals surface area contributed by atoms with Crippen LogP contribution in [0.2, 0.25) is 5.02 Å². The van der Waals surface area contributed by atoms with E-state index in [9.17, 15) is 4.79 Å². The predicted molar refractivity (Wildman–Crippen MR) is 95.6 cm³/mol. The summed E-state index contributed by atoms with van der Waals surface area (Å²) < 4.78 is 5.69. The molecule has 0 unspecified atom stereocenters. The van der Waals surface area contributed by atoms with E-state index in [-0.39, 0.29) is 11.0 Å². The van der Waals surface area contributed by atoms with Gasteiger partial charge in [0.05, 0.1) is 5.25 Å². The summed E-state index contributed by atoms with van der Waals surface area (Å²) in [5, 5.41) is 8.67. The molecule has 0 amide bonds. The largest absolute Gasteiger partial charge is 0.411 e. The number of Topliss-reactive ketones (excluding diaryl/α,β-unsaturated/α-hetero) is 1. The molecule has 1 atom stereocenters. The lowest BCUT2D eigenvalue weighted by molar-refractivity contribution is 0.0993. The molecule has 0 saturated carbocycles. The minimum atomic E-state index is -0.353. The summed E-state index contributed by atoms with van der Waals surface area (Å²) in [6.07, 6.45) is 0. The van der Waals surface area contributed by atoms with Crippen molar-refractivity contribution in [2.24, 2.45) is 0 Å². The van der Waals surface area contributed by atoms with Gasteiger partial charge in [-0.05, 0) is 37.6 Å². The summed E-state index contributed by atoms with van der Waals surface area (Å²) in [6, 6.07) is 14.7. The fourth-order valence-electron chi connectivity index (χ4n) is 2.26. The van der Waals surface area contributed by atoms with E-state index in [2.05, 4.69) is 10.2 Å². The molecule has 0 aliphatic heterocycles. The van der Waals surface area contributed by atoms with Crippen LogP contribution in [0, 0.1) is 6.92 Å².